The highest BCUT2D eigenvalue weighted by molar-refractivity contribution is 9.10. The number of rotatable bonds is 2. The Morgan fingerprint density at radius 1 is 1.60 bits per heavy atom. The number of nitrogens with zero attached hydrogens (tertiary/aromatic N) is 1. The quantitative estimate of drug-likeness (QED) is 0.775. The van der Waals surface area contributed by atoms with Crippen LogP contribution in [0.4, 0.5) is 0 Å². The molecule has 15 heavy (non-hydrogen) atoms. The van der Waals surface area contributed by atoms with Crippen molar-refractivity contribution >= 4 is 21.9 Å². The second-order valence-corrected chi connectivity index (χ2v) is 3.71. The molecule has 78 valence electrons. The first kappa shape index (κ1) is 11.7. The number of carbonyl (C=O) groups is 1. The number of halogens is 1. The third-order valence-electron chi connectivity index (χ3n) is 2.11. The summed E-state index contributed by atoms with van der Waals surface area (Å²) in [7, 11) is 1.30. The molecule has 4 heteroatoms. The van der Waals surface area contributed by atoms with E-state index in [1.54, 1.807) is 6.07 Å². The van der Waals surface area contributed by atoms with Crippen molar-refractivity contribution < 1.29 is 9.53 Å². The zero-order valence-electron chi connectivity index (χ0n) is 8.50. The molecule has 0 heterocycles. The van der Waals surface area contributed by atoms with Crippen LogP contribution in [0.3, 0.4) is 0 Å². The number of nitriles is 1. The highest BCUT2D eigenvalue weighted by atomic mass is 79.9. The maximum atomic E-state index is 11.5. The number of hydrogen-bond acceptors (Lipinski definition) is 3. The molecule has 0 aliphatic heterocycles. The molecule has 0 aliphatic carbocycles. The summed E-state index contributed by atoms with van der Waals surface area (Å²) in [6.07, 6.45) is 0.788. The molecule has 0 amide bonds. The molecule has 1 aromatic carbocycles. The maximum Gasteiger partial charge on any atom is 0.340 e. The van der Waals surface area contributed by atoms with Gasteiger partial charge in [-0.15, -0.1) is 0 Å². The fourth-order valence-corrected chi connectivity index (χ4v) is 2.08. The summed E-state index contributed by atoms with van der Waals surface area (Å²) in [4.78, 5) is 11.5. The van der Waals surface area contributed by atoms with Gasteiger partial charge in [-0.1, -0.05) is 13.0 Å². The van der Waals surface area contributed by atoms with Crippen LogP contribution in [0.2, 0.25) is 0 Å². The average molecular weight is 268 g/mol. The topological polar surface area (TPSA) is 50.1 Å². The molecular formula is C11H10BrNO2. The van der Waals surface area contributed by atoms with Crippen molar-refractivity contribution in [3.8, 4) is 6.07 Å². The summed E-state index contributed by atoms with van der Waals surface area (Å²) in [6.45, 7) is 1.98. The first-order valence-corrected chi connectivity index (χ1v) is 5.24. The van der Waals surface area contributed by atoms with Crippen LogP contribution in [0.5, 0.6) is 0 Å². The molecule has 0 bridgehead atoms. The molecule has 0 saturated heterocycles. The Hall–Kier alpha value is -1.34. The van der Waals surface area contributed by atoms with Gasteiger partial charge in [-0.3, -0.25) is 0 Å². The molecule has 0 spiro atoms. The standard InChI is InChI=1S/C11H10BrNO2/c1-3-7-4-5-8(6-13)9(10(7)12)11(14)15-2/h4-5H,3H2,1-2H3. The van der Waals surface area contributed by atoms with E-state index >= 15 is 0 Å². The Balaban J connectivity index is 3.44. The van der Waals surface area contributed by atoms with E-state index in [0.29, 0.717) is 15.6 Å². The predicted octanol–water partition coefficient (Wildman–Crippen LogP) is 2.67. The van der Waals surface area contributed by atoms with Gasteiger partial charge in [0, 0.05) is 4.47 Å². The van der Waals surface area contributed by atoms with Gasteiger partial charge in [-0.05, 0) is 34.0 Å². The number of carbonyl (C=O) groups excluding carboxylic acids is 1. The maximum absolute atomic E-state index is 11.5. The largest absolute Gasteiger partial charge is 0.465 e. The molecule has 0 radical (unpaired) electrons. The van der Waals surface area contributed by atoms with Gasteiger partial charge < -0.3 is 4.74 Å². The summed E-state index contributed by atoms with van der Waals surface area (Å²) in [6, 6.07) is 5.44. The van der Waals surface area contributed by atoms with Crippen molar-refractivity contribution in [3.05, 3.63) is 33.3 Å². The Labute approximate surface area is 96.8 Å². The van der Waals surface area contributed by atoms with E-state index in [-0.39, 0.29) is 0 Å². The highest BCUT2D eigenvalue weighted by Crippen LogP contribution is 2.26. The third-order valence-corrected chi connectivity index (χ3v) is 3.02. The van der Waals surface area contributed by atoms with Gasteiger partial charge in [-0.2, -0.15) is 5.26 Å². The lowest BCUT2D eigenvalue weighted by atomic mass is 10.0. The van der Waals surface area contributed by atoms with Crippen LogP contribution < -0.4 is 0 Å². The zero-order chi connectivity index (χ0) is 11.4. The molecule has 3 nitrogen and oxygen atoms in total. The van der Waals surface area contributed by atoms with Crippen LogP contribution in [0.15, 0.2) is 16.6 Å². The average Bonchev–Trinajstić information content (AvgIpc) is 2.27. The number of aryl methyl sites for hydroxylation is 1. The molecule has 1 aromatic rings. The first-order valence-electron chi connectivity index (χ1n) is 4.45. The number of benzene rings is 1. The number of hydrogen-bond donors (Lipinski definition) is 0. The van der Waals surface area contributed by atoms with Gasteiger partial charge in [-0.25, -0.2) is 4.79 Å². The lowest BCUT2D eigenvalue weighted by molar-refractivity contribution is 0.0599. The van der Waals surface area contributed by atoms with Crippen molar-refractivity contribution in [2.24, 2.45) is 0 Å². The van der Waals surface area contributed by atoms with E-state index in [0.717, 1.165) is 12.0 Å². The summed E-state index contributed by atoms with van der Waals surface area (Å²) in [5, 5.41) is 8.87. The van der Waals surface area contributed by atoms with Crippen LogP contribution in [-0.2, 0) is 11.2 Å². The monoisotopic (exact) mass is 267 g/mol. The van der Waals surface area contributed by atoms with Crippen molar-refractivity contribution in [2.45, 2.75) is 13.3 Å². The van der Waals surface area contributed by atoms with Crippen molar-refractivity contribution in [1.29, 1.82) is 5.26 Å². The minimum Gasteiger partial charge on any atom is -0.465 e. The Kier molecular flexibility index (Phi) is 3.87. The lowest BCUT2D eigenvalue weighted by Crippen LogP contribution is -2.07. The molecule has 0 unspecified atom stereocenters. The second-order valence-electron chi connectivity index (χ2n) is 2.92. The molecule has 1 rings (SSSR count). The van der Waals surface area contributed by atoms with Gasteiger partial charge in [0.15, 0.2) is 0 Å². The van der Waals surface area contributed by atoms with E-state index in [9.17, 15) is 4.79 Å². The molecule has 0 aliphatic rings. The third kappa shape index (κ3) is 2.18. The Morgan fingerprint density at radius 3 is 2.73 bits per heavy atom. The minimum absolute atomic E-state index is 0.305. The van der Waals surface area contributed by atoms with Gasteiger partial charge >= 0.3 is 5.97 Å². The van der Waals surface area contributed by atoms with Gasteiger partial charge in [0.05, 0.1) is 18.2 Å². The SMILES string of the molecule is CCc1ccc(C#N)c(C(=O)OC)c1Br. The number of esters is 1. The Morgan fingerprint density at radius 2 is 2.27 bits per heavy atom. The van der Waals surface area contributed by atoms with Crippen molar-refractivity contribution in [1.82, 2.24) is 0 Å². The van der Waals surface area contributed by atoms with Gasteiger partial charge in [0.1, 0.15) is 6.07 Å². The Bertz CT molecular complexity index is 435. The smallest absolute Gasteiger partial charge is 0.340 e. The zero-order valence-corrected chi connectivity index (χ0v) is 10.1. The van der Waals surface area contributed by atoms with Crippen molar-refractivity contribution in [3.63, 3.8) is 0 Å². The van der Waals surface area contributed by atoms with E-state index in [1.165, 1.54) is 7.11 Å². The summed E-state index contributed by atoms with van der Waals surface area (Å²) in [5.41, 5.74) is 1.61. The molecule has 0 fully saturated rings. The normalized spacial score (nSPS) is 9.47. The summed E-state index contributed by atoms with van der Waals surface area (Å²) in [5.74, 6) is -0.492. The van der Waals surface area contributed by atoms with Gasteiger partial charge in [0.25, 0.3) is 0 Å². The van der Waals surface area contributed by atoms with Crippen LogP contribution in [0, 0.1) is 11.3 Å². The highest BCUT2D eigenvalue weighted by Gasteiger charge is 2.17. The van der Waals surface area contributed by atoms with Gasteiger partial charge in [0.2, 0.25) is 0 Å². The lowest BCUT2D eigenvalue weighted by Gasteiger charge is -2.08. The summed E-state index contributed by atoms with van der Waals surface area (Å²) < 4.78 is 5.29. The predicted molar refractivity (Wildman–Crippen MR) is 59.6 cm³/mol. The van der Waals surface area contributed by atoms with Crippen LogP contribution in [0.25, 0.3) is 0 Å². The molecule has 0 aromatic heterocycles. The molecular weight excluding hydrogens is 258 g/mol. The van der Waals surface area contributed by atoms with Crippen LogP contribution in [-0.4, -0.2) is 13.1 Å². The van der Waals surface area contributed by atoms with E-state index in [4.69, 9.17) is 5.26 Å². The second kappa shape index (κ2) is 4.94. The van der Waals surface area contributed by atoms with E-state index < -0.39 is 5.97 Å². The summed E-state index contributed by atoms with van der Waals surface area (Å²) >= 11 is 3.32. The van der Waals surface area contributed by atoms with E-state index in [2.05, 4.69) is 20.7 Å². The number of methoxy groups -OCH3 is 1. The van der Waals surface area contributed by atoms with E-state index in [1.807, 2.05) is 19.1 Å². The number of ether oxygens (including phenoxy) is 1. The molecule has 0 atom stereocenters. The molecule has 0 saturated carbocycles. The fourth-order valence-electron chi connectivity index (χ4n) is 1.29. The van der Waals surface area contributed by atoms with Crippen LogP contribution >= 0.6 is 15.9 Å². The first-order chi connectivity index (χ1) is 7.15. The van der Waals surface area contributed by atoms with Crippen LogP contribution in [0.1, 0.15) is 28.4 Å². The minimum atomic E-state index is -0.492. The van der Waals surface area contributed by atoms with Crippen molar-refractivity contribution in [2.75, 3.05) is 7.11 Å². The fraction of sp³-hybridized carbons (Fsp3) is 0.273. The molecule has 0 N–H and O–H groups in total.